The Morgan fingerprint density at radius 1 is 1.39 bits per heavy atom. The Hall–Kier alpha value is -1.35. The van der Waals surface area contributed by atoms with Crippen LogP contribution < -0.4 is 0 Å². The molecular weight excluding hydrogens is 226 g/mol. The average Bonchev–Trinajstić information content (AvgIpc) is 2.76. The number of fused-ring (bicyclic) bond motifs is 1. The van der Waals surface area contributed by atoms with Crippen molar-refractivity contribution in [1.29, 1.82) is 0 Å². The predicted molar refractivity (Wildman–Crippen MR) is 71.6 cm³/mol. The molecule has 0 aromatic heterocycles. The zero-order valence-corrected chi connectivity index (χ0v) is 11.1. The van der Waals surface area contributed by atoms with Crippen LogP contribution in [0.3, 0.4) is 0 Å². The third-order valence-corrected chi connectivity index (χ3v) is 3.80. The van der Waals surface area contributed by atoms with Gasteiger partial charge in [0, 0.05) is 6.54 Å². The first-order chi connectivity index (χ1) is 8.61. The van der Waals surface area contributed by atoms with Crippen molar-refractivity contribution in [3.8, 4) is 0 Å². The maximum atomic E-state index is 11.1. The van der Waals surface area contributed by atoms with Gasteiger partial charge in [0.05, 0.1) is 0 Å². The summed E-state index contributed by atoms with van der Waals surface area (Å²) in [6, 6.07) is 6.19. The Bertz CT molecular complexity index is 442. The summed E-state index contributed by atoms with van der Waals surface area (Å²) < 4.78 is 0. The Balaban J connectivity index is 2.07. The van der Waals surface area contributed by atoms with Gasteiger partial charge in [-0.25, -0.2) is 0 Å². The lowest BCUT2D eigenvalue weighted by Gasteiger charge is -2.23. The van der Waals surface area contributed by atoms with Crippen LogP contribution in [0.4, 0.5) is 0 Å². The first-order valence-corrected chi connectivity index (χ1v) is 6.65. The number of carbonyl (C=O) groups is 1. The lowest BCUT2D eigenvalue weighted by molar-refractivity contribution is -0.143. The number of likely N-dealkylation sites (N-methyl/N-ethyl adjacent to an activating group) is 1. The van der Waals surface area contributed by atoms with Crippen LogP contribution >= 0.6 is 0 Å². The lowest BCUT2D eigenvalue weighted by Crippen LogP contribution is -2.37. The van der Waals surface area contributed by atoms with Crippen molar-refractivity contribution < 1.29 is 9.90 Å². The maximum Gasteiger partial charge on any atom is 0.320 e. The third kappa shape index (κ3) is 2.72. The van der Waals surface area contributed by atoms with Crippen molar-refractivity contribution in [3.63, 3.8) is 0 Å². The highest BCUT2D eigenvalue weighted by Crippen LogP contribution is 2.23. The molecule has 2 rings (SSSR count). The second-order valence-electron chi connectivity index (χ2n) is 5.13. The quantitative estimate of drug-likeness (QED) is 0.869. The van der Waals surface area contributed by atoms with Crippen LogP contribution in [-0.4, -0.2) is 29.1 Å². The molecule has 1 aromatic rings. The highest BCUT2D eigenvalue weighted by molar-refractivity contribution is 5.73. The molecule has 0 amide bonds. The van der Waals surface area contributed by atoms with Crippen molar-refractivity contribution in [1.82, 2.24) is 4.90 Å². The molecular formula is C15H21NO2. The Morgan fingerprint density at radius 3 is 2.78 bits per heavy atom. The van der Waals surface area contributed by atoms with E-state index >= 15 is 0 Å². The minimum Gasteiger partial charge on any atom is -0.480 e. The van der Waals surface area contributed by atoms with Crippen molar-refractivity contribution in [2.75, 3.05) is 7.05 Å². The monoisotopic (exact) mass is 247 g/mol. The van der Waals surface area contributed by atoms with E-state index in [0.717, 1.165) is 0 Å². The van der Waals surface area contributed by atoms with Gasteiger partial charge in [0.25, 0.3) is 0 Å². The van der Waals surface area contributed by atoms with Gasteiger partial charge in [-0.1, -0.05) is 25.1 Å². The molecule has 98 valence electrons. The summed E-state index contributed by atoms with van der Waals surface area (Å²) in [6.07, 6.45) is 4.25. The maximum absolute atomic E-state index is 11.1. The molecule has 3 heteroatoms. The smallest absolute Gasteiger partial charge is 0.320 e. The van der Waals surface area contributed by atoms with Gasteiger partial charge in [0.1, 0.15) is 6.04 Å². The number of aliphatic carboxylic acids is 1. The lowest BCUT2D eigenvalue weighted by atomic mass is 10.1. The fraction of sp³-hybridized carbons (Fsp3) is 0.533. The summed E-state index contributed by atoms with van der Waals surface area (Å²) in [6.45, 7) is 2.62. The van der Waals surface area contributed by atoms with E-state index in [4.69, 9.17) is 5.11 Å². The van der Waals surface area contributed by atoms with Gasteiger partial charge in [-0.05, 0) is 49.4 Å². The number of rotatable bonds is 5. The molecule has 1 aliphatic rings. The van der Waals surface area contributed by atoms with E-state index in [1.807, 2.05) is 18.9 Å². The molecule has 3 nitrogen and oxygen atoms in total. The van der Waals surface area contributed by atoms with Gasteiger partial charge in [-0.3, -0.25) is 9.69 Å². The van der Waals surface area contributed by atoms with Gasteiger partial charge >= 0.3 is 5.97 Å². The highest BCUT2D eigenvalue weighted by Gasteiger charge is 2.20. The molecule has 1 aromatic carbocycles. The SMILES string of the molecule is CCC(C(=O)O)N(C)Cc1ccc2c(c1)CCC2. The van der Waals surface area contributed by atoms with Crippen LogP contribution in [0.5, 0.6) is 0 Å². The number of carboxylic acid groups (broad SMARTS) is 1. The van der Waals surface area contributed by atoms with E-state index in [2.05, 4.69) is 18.2 Å². The van der Waals surface area contributed by atoms with E-state index in [9.17, 15) is 4.79 Å². The summed E-state index contributed by atoms with van der Waals surface area (Å²) in [5.74, 6) is -0.735. The fourth-order valence-corrected chi connectivity index (χ4v) is 2.80. The van der Waals surface area contributed by atoms with Crippen LogP contribution in [0.2, 0.25) is 0 Å². The predicted octanol–water partition coefficient (Wildman–Crippen LogP) is 2.47. The molecule has 1 atom stereocenters. The molecule has 0 bridgehead atoms. The van der Waals surface area contributed by atoms with E-state index in [-0.39, 0.29) is 0 Å². The molecule has 0 aliphatic heterocycles. The standard InChI is InChI=1S/C15H21NO2/c1-3-14(15(17)18)16(2)10-11-7-8-12-5-4-6-13(12)9-11/h7-9,14H,3-6,10H2,1-2H3,(H,17,18). The van der Waals surface area contributed by atoms with E-state index < -0.39 is 12.0 Å². The van der Waals surface area contributed by atoms with Crippen LogP contribution in [0.1, 0.15) is 36.5 Å². The number of nitrogens with zero attached hydrogens (tertiary/aromatic N) is 1. The van der Waals surface area contributed by atoms with Crippen LogP contribution in [-0.2, 0) is 24.2 Å². The normalized spacial score (nSPS) is 15.7. The van der Waals surface area contributed by atoms with Gasteiger partial charge in [-0.15, -0.1) is 0 Å². The average molecular weight is 247 g/mol. The first-order valence-electron chi connectivity index (χ1n) is 6.65. The Kier molecular flexibility index (Phi) is 4.02. The fourth-order valence-electron chi connectivity index (χ4n) is 2.80. The first kappa shape index (κ1) is 13.1. The van der Waals surface area contributed by atoms with Crippen LogP contribution in [0.15, 0.2) is 18.2 Å². The minimum absolute atomic E-state index is 0.391. The molecule has 0 radical (unpaired) electrons. The van der Waals surface area contributed by atoms with E-state index in [0.29, 0.717) is 13.0 Å². The van der Waals surface area contributed by atoms with Crippen LogP contribution in [0.25, 0.3) is 0 Å². The Labute approximate surface area is 108 Å². The molecule has 1 N–H and O–H groups in total. The van der Waals surface area contributed by atoms with Gasteiger partial charge < -0.3 is 5.11 Å². The molecule has 0 fully saturated rings. The summed E-state index contributed by atoms with van der Waals surface area (Å²) in [7, 11) is 1.88. The molecule has 18 heavy (non-hydrogen) atoms. The van der Waals surface area contributed by atoms with E-state index in [1.165, 1.54) is 36.0 Å². The van der Waals surface area contributed by atoms with Crippen molar-refractivity contribution in [2.24, 2.45) is 0 Å². The number of aryl methyl sites for hydroxylation is 2. The second-order valence-corrected chi connectivity index (χ2v) is 5.13. The molecule has 0 saturated heterocycles. The van der Waals surface area contributed by atoms with Crippen molar-refractivity contribution in [3.05, 3.63) is 34.9 Å². The number of hydrogen-bond donors (Lipinski definition) is 1. The molecule has 0 spiro atoms. The van der Waals surface area contributed by atoms with Gasteiger partial charge in [0.2, 0.25) is 0 Å². The largest absolute Gasteiger partial charge is 0.480 e. The zero-order chi connectivity index (χ0) is 13.1. The Morgan fingerprint density at radius 2 is 2.11 bits per heavy atom. The minimum atomic E-state index is -0.735. The van der Waals surface area contributed by atoms with Gasteiger partial charge in [0.15, 0.2) is 0 Å². The molecule has 1 aliphatic carbocycles. The highest BCUT2D eigenvalue weighted by atomic mass is 16.4. The summed E-state index contributed by atoms with van der Waals surface area (Å²) in [5, 5.41) is 9.13. The second kappa shape index (κ2) is 5.53. The topological polar surface area (TPSA) is 40.5 Å². The zero-order valence-electron chi connectivity index (χ0n) is 11.1. The molecule has 1 unspecified atom stereocenters. The van der Waals surface area contributed by atoms with Crippen LogP contribution in [0, 0.1) is 0 Å². The van der Waals surface area contributed by atoms with Crippen molar-refractivity contribution >= 4 is 5.97 Å². The summed E-state index contributed by atoms with van der Waals surface area (Å²) in [5.41, 5.74) is 4.13. The third-order valence-electron chi connectivity index (χ3n) is 3.80. The summed E-state index contributed by atoms with van der Waals surface area (Å²) in [4.78, 5) is 13.0. The van der Waals surface area contributed by atoms with Gasteiger partial charge in [-0.2, -0.15) is 0 Å². The van der Waals surface area contributed by atoms with E-state index in [1.54, 1.807) is 0 Å². The van der Waals surface area contributed by atoms with Crippen molar-refractivity contribution in [2.45, 2.75) is 45.2 Å². The molecule has 0 heterocycles. The number of hydrogen-bond acceptors (Lipinski definition) is 2. The number of carboxylic acids is 1. The number of benzene rings is 1. The molecule has 0 saturated carbocycles. The summed E-state index contributed by atoms with van der Waals surface area (Å²) >= 11 is 0.